The van der Waals surface area contributed by atoms with Crippen molar-refractivity contribution in [3.8, 4) is 0 Å². The third-order valence-electron chi connectivity index (χ3n) is 2.97. The average molecular weight is 478 g/mol. The molecule has 18 heteroatoms. The van der Waals surface area contributed by atoms with Crippen molar-refractivity contribution in [2.75, 3.05) is 27.2 Å². The van der Waals surface area contributed by atoms with Gasteiger partial charge in [-0.15, -0.1) is 13.2 Å². The molecular weight excluding hydrogens is 464 g/mol. The first-order valence-corrected chi connectivity index (χ1v) is 7.38. The van der Waals surface area contributed by atoms with Crippen LogP contribution in [0.15, 0.2) is 0 Å². The molecule has 0 saturated carbocycles. The van der Waals surface area contributed by atoms with Gasteiger partial charge in [-0.1, -0.05) is 0 Å². The van der Waals surface area contributed by atoms with Gasteiger partial charge in [0.05, 0.1) is 20.6 Å². The molecule has 0 aliphatic rings. The number of alkyl halides is 12. The largest absolute Gasteiger partial charge is 0.633 e. The van der Waals surface area contributed by atoms with Gasteiger partial charge >= 0.3 is 30.4 Å². The molecule has 0 spiro atoms. The first kappa shape index (κ1) is 28.5. The molecule has 0 bridgehead atoms. The molecule has 0 fully saturated rings. The molecule has 1 atom stereocenters. The second kappa shape index (κ2) is 8.91. The summed E-state index contributed by atoms with van der Waals surface area (Å²) < 4.78 is 156. The molecule has 30 heavy (non-hydrogen) atoms. The van der Waals surface area contributed by atoms with Crippen LogP contribution in [0.25, 0.3) is 0 Å². The summed E-state index contributed by atoms with van der Waals surface area (Å²) in [5.41, 5.74) is 0. The predicted molar refractivity (Wildman–Crippen MR) is 70.9 cm³/mol. The summed E-state index contributed by atoms with van der Waals surface area (Å²) in [4.78, 5) is 11.1. The van der Waals surface area contributed by atoms with Gasteiger partial charge in [-0.05, 0) is 0 Å². The van der Waals surface area contributed by atoms with Gasteiger partial charge in [0.25, 0.3) is 12.3 Å². The number of nitrogens with zero attached hydrogens (tertiary/aromatic N) is 1. The minimum absolute atomic E-state index is 0.264. The van der Waals surface area contributed by atoms with Crippen molar-refractivity contribution in [1.82, 2.24) is 5.32 Å². The summed E-state index contributed by atoms with van der Waals surface area (Å²) in [5.74, 6) is -15.7. The Labute approximate surface area is 159 Å². The smallest absolute Gasteiger partial charge is 0.527 e. The van der Waals surface area contributed by atoms with Crippen LogP contribution in [-0.4, -0.2) is 74.5 Å². The predicted octanol–water partition coefficient (Wildman–Crippen LogP) is 3.37. The van der Waals surface area contributed by atoms with Gasteiger partial charge in [-0.2, -0.15) is 35.1 Å². The van der Waals surface area contributed by atoms with E-state index in [0.29, 0.717) is 0 Å². The molecule has 0 aromatic carbocycles. The summed E-state index contributed by atoms with van der Waals surface area (Å²) in [7, 11) is 2.23. The fraction of sp³-hybridized carbons (Fsp3) is 0.917. The van der Waals surface area contributed by atoms with Gasteiger partial charge in [0.2, 0.25) is 0 Å². The lowest BCUT2D eigenvalue weighted by Crippen LogP contribution is -2.60. The molecule has 1 N–H and O–H groups in total. The Balaban J connectivity index is 5.24. The lowest BCUT2D eigenvalue weighted by atomic mass is 10.2. The molecular formula is C12H14F12N2O4. The van der Waals surface area contributed by atoms with Crippen LogP contribution in [0.5, 0.6) is 0 Å². The molecule has 0 aromatic heterocycles. The third kappa shape index (κ3) is 7.62. The van der Waals surface area contributed by atoms with E-state index in [4.69, 9.17) is 0 Å². The molecule has 0 aliphatic carbocycles. The highest BCUT2D eigenvalue weighted by Crippen LogP contribution is 2.50. The van der Waals surface area contributed by atoms with E-state index < -0.39 is 53.9 Å². The summed E-state index contributed by atoms with van der Waals surface area (Å²) in [5, 5.41) is 12.4. The third-order valence-corrected chi connectivity index (χ3v) is 2.97. The molecule has 6 nitrogen and oxygen atoms in total. The van der Waals surface area contributed by atoms with Crippen LogP contribution in [0.3, 0.4) is 0 Å². The van der Waals surface area contributed by atoms with E-state index in [2.05, 4.69) is 4.74 Å². The fourth-order valence-electron chi connectivity index (χ4n) is 1.54. The first-order chi connectivity index (χ1) is 13.0. The molecule has 0 aromatic rings. The minimum atomic E-state index is -7.30. The Bertz CT molecular complexity index is 591. The maximum absolute atomic E-state index is 13.4. The first-order valence-electron chi connectivity index (χ1n) is 7.38. The number of nitrogens with one attached hydrogen (secondary N) is 1. The number of hydroxylamine groups is 3. The lowest BCUT2D eigenvalue weighted by molar-refractivity contribution is -0.840. The van der Waals surface area contributed by atoms with E-state index in [9.17, 15) is 62.7 Å². The Kier molecular flexibility index (Phi) is 8.46. The average Bonchev–Trinajstić information content (AvgIpc) is 2.46. The number of rotatable bonds is 11. The zero-order valence-corrected chi connectivity index (χ0v) is 14.8. The topological polar surface area (TPSA) is 70.6 Å². The Morgan fingerprint density at radius 3 is 1.83 bits per heavy atom. The Morgan fingerprint density at radius 2 is 1.43 bits per heavy atom. The Morgan fingerprint density at radius 1 is 0.967 bits per heavy atom. The maximum Gasteiger partial charge on any atom is 0.527 e. The summed E-state index contributed by atoms with van der Waals surface area (Å²) >= 11 is 0. The number of hydrogen-bond acceptors (Lipinski definition) is 4. The number of quaternary nitrogens is 1. The van der Waals surface area contributed by atoms with E-state index in [0.717, 1.165) is 14.1 Å². The highest BCUT2D eigenvalue weighted by Gasteiger charge is 2.78. The van der Waals surface area contributed by atoms with Crippen LogP contribution < -0.4 is 5.32 Å². The number of ether oxygens (including phenoxy) is 2. The monoisotopic (exact) mass is 478 g/mol. The SMILES string of the molecule is C[N+](C)([O-])CCCNC(=O)C(F)(F)C(F)OC(F)(F)C(F)(F)C(F)(F)OC(F)(F)F. The zero-order chi connectivity index (χ0) is 24.4. The van der Waals surface area contributed by atoms with Crippen LogP contribution in [0.2, 0.25) is 0 Å². The van der Waals surface area contributed by atoms with Crippen molar-refractivity contribution in [1.29, 1.82) is 0 Å². The Hall–Kier alpha value is -1.53. The van der Waals surface area contributed by atoms with E-state index >= 15 is 0 Å². The summed E-state index contributed by atoms with van der Waals surface area (Å²) in [6.07, 6.45) is -25.9. The quantitative estimate of drug-likeness (QED) is 0.214. The number of carbonyl (C=O) groups is 1. The van der Waals surface area contributed by atoms with Gasteiger partial charge in [0, 0.05) is 13.0 Å². The van der Waals surface area contributed by atoms with Gasteiger partial charge in [0.15, 0.2) is 0 Å². The van der Waals surface area contributed by atoms with Crippen LogP contribution >= 0.6 is 0 Å². The summed E-state index contributed by atoms with van der Waals surface area (Å²) in [6.45, 7) is -1.00. The second-order valence-electron chi connectivity index (χ2n) is 6.12. The molecule has 0 rings (SSSR count). The van der Waals surface area contributed by atoms with Gasteiger partial charge in [0.1, 0.15) is 0 Å². The molecule has 0 saturated heterocycles. The van der Waals surface area contributed by atoms with Crippen LogP contribution in [0.1, 0.15) is 6.42 Å². The van der Waals surface area contributed by atoms with E-state index in [1.54, 1.807) is 0 Å². The van der Waals surface area contributed by atoms with Crippen LogP contribution in [0.4, 0.5) is 52.7 Å². The molecule has 1 unspecified atom stereocenters. The molecule has 0 aliphatic heterocycles. The minimum Gasteiger partial charge on any atom is -0.633 e. The van der Waals surface area contributed by atoms with Crippen molar-refractivity contribution >= 4 is 5.91 Å². The van der Waals surface area contributed by atoms with Crippen molar-refractivity contribution < 1.29 is 71.6 Å². The standard InChI is InChI=1S/C12H14F12N2O4/c1-26(2,28)5-3-4-25-7(27)8(14,15)6(13)29-10(18,19)9(16,17)11(20,21)30-12(22,23)24/h6H,3-5H2,1-2H3,(H,25,27). The van der Waals surface area contributed by atoms with Crippen molar-refractivity contribution in [3.63, 3.8) is 0 Å². The number of carbonyl (C=O) groups excluding carboxylic acids is 1. The molecule has 0 radical (unpaired) electrons. The van der Waals surface area contributed by atoms with Crippen molar-refractivity contribution in [3.05, 3.63) is 5.21 Å². The van der Waals surface area contributed by atoms with E-state index in [1.807, 2.05) is 0 Å². The van der Waals surface area contributed by atoms with Gasteiger partial charge < -0.3 is 15.2 Å². The summed E-state index contributed by atoms with van der Waals surface area (Å²) in [6, 6.07) is 0. The van der Waals surface area contributed by atoms with Crippen molar-refractivity contribution in [2.24, 2.45) is 0 Å². The molecule has 180 valence electrons. The van der Waals surface area contributed by atoms with Crippen LogP contribution in [0, 0.1) is 5.21 Å². The fourth-order valence-corrected chi connectivity index (χ4v) is 1.54. The van der Waals surface area contributed by atoms with Crippen molar-refractivity contribution in [2.45, 2.75) is 43.2 Å². The highest BCUT2D eigenvalue weighted by molar-refractivity contribution is 5.83. The molecule has 1 amide bonds. The molecule has 0 heterocycles. The second-order valence-corrected chi connectivity index (χ2v) is 6.12. The normalized spacial score (nSPS) is 15.8. The van der Waals surface area contributed by atoms with Gasteiger partial charge in [-0.3, -0.25) is 9.53 Å². The lowest BCUT2D eigenvalue weighted by Gasteiger charge is -2.34. The number of amides is 1. The maximum atomic E-state index is 13.4. The van der Waals surface area contributed by atoms with Crippen LogP contribution in [-0.2, 0) is 14.3 Å². The van der Waals surface area contributed by atoms with E-state index in [1.165, 1.54) is 10.1 Å². The van der Waals surface area contributed by atoms with Gasteiger partial charge in [-0.25, -0.2) is 9.13 Å². The zero-order valence-electron chi connectivity index (χ0n) is 14.8. The van der Waals surface area contributed by atoms with E-state index in [-0.39, 0.29) is 13.0 Å². The number of hydrogen-bond donors (Lipinski definition) is 1. The highest BCUT2D eigenvalue weighted by atomic mass is 19.4. The number of halogens is 12.